The van der Waals surface area contributed by atoms with Crippen molar-refractivity contribution in [3.8, 4) is 0 Å². The van der Waals surface area contributed by atoms with Crippen molar-refractivity contribution in [1.29, 1.82) is 0 Å². The summed E-state index contributed by atoms with van der Waals surface area (Å²) in [5.74, 6) is -0.990. The number of rotatable bonds is 7. The van der Waals surface area contributed by atoms with Crippen LogP contribution in [0.5, 0.6) is 0 Å². The maximum absolute atomic E-state index is 12.3. The Kier molecular flexibility index (Phi) is 7.06. The highest BCUT2D eigenvalue weighted by Gasteiger charge is 2.30. The van der Waals surface area contributed by atoms with E-state index < -0.39 is 36.6 Å². The number of aryl methyl sites for hydroxylation is 1. The van der Waals surface area contributed by atoms with Crippen LogP contribution in [0.1, 0.15) is 35.7 Å². The molecule has 0 spiro atoms. The highest BCUT2D eigenvalue weighted by Crippen LogP contribution is 2.25. The van der Waals surface area contributed by atoms with Gasteiger partial charge in [0, 0.05) is 18.5 Å². The first-order chi connectivity index (χ1) is 11.1. The maximum atomic E-state index is 12.3. The first kappa shape index (κ1) is 19.8. The minimum absolute atomic E-state index is 0.0853. The highest BCUT2D eigenvalue weighted by atomic mass is 19.4. The lowest BCUT2D eigenvalue weighted by molar-refractivity contribution is -0.137. The molecule has 0 radical (unpaired) electrons. The van der Waals surface area contributed by atoms with E-state index >= 15 is 0 Å². The molecule has 0 bridgehead atoms. The van der Waals surface area contributed by atoms with Crippen molar-refractivity contribution < 1.29 is 27.9 Å². The van der Waals surface area contributed by atoms with Gasteiger partial charge in [0.2, 0.25) is 0 Å². The summed E-state index contributed by atoms with van der Waals surface area (Å²) in [6.45, 7) is 3.30. The molecule has 5 nitrogen and oxygen atoms in total. The number of amides is 2. The molecule has 0 aromatic heterocycles. The van der Waals surface area contributed by atoms with Crippen molar-refractivity contribution in [2.45, 2.75) is 38.9 Å². The summed E-state index contributed by atoms with van der Waals surface area (Å²) < 4.78 is 36.9. The van der Waals surface area contributed by atoms with Crippen LogP contribution >= 0.6 is 0 Å². The molecule has 2 amide bonds. The monoisotopic (exact) mass is 346 g/mol. The number of hydrogen-bond acceptors (Lipinski definition) is 2. The van der Waals surface area contributed by atoms with Crippen molar-refractivity contribution in [2.24, 2.45) is 5.92 Å². The Labute approximate surface area is 138 Å². The van der Waals surface area contributed by atoms with Crippen molar-refractivity contribution in [3.63, 3.8) is 0 Å². The first-order valence-corrected chi connectivity index (χ1v) is 7.49. The van der Waals surface area contributed by atoms with Crippen LogP contribution in [0, 0.1) is 12.8 Å². The van der Waals surface area contributed by atoms with Crippen LogP contribution in [0.3, 0.4) is 0 Å². The zero-order valence-corrected chi connectivity index (χ0v) is 13.5. The topological polar surface area (TPSA) is 78.4 Å². The number of halogens is 3. The third-order valence-corrected chi connectivity index (χ3v) is 3.68. The van der Waals surface area contributed by atoms with Gasteiger partial charge in [-0.3, -0.25) is 4.79 Å². The fraction of sp³-hybridized carbons (Fsp3) is 0.500. The van der Waals surface area contributed by atoms with Gasteiger partial charge in [0.05, 0.1) is 6.04 Å². The molecule has 24 heavy (non-hydrogen) atoms. The molecule has 2 unspecified atom stereocenters. The molecule has 0 saturated carbocycles. The molecule has 0 aliphatic heterocycles. The molecule has 1 rings (SSSR count). The smallest absolute Gasteiger partial charge is 0.404 e. The Bertz CT molecular complexity index is 559. The van der Waals surface area contributed by atoms with Crippen LogP contribution in [-0.4, -0.2) is 35.9 Å². The molecular formula is C16H21F3N2O3. The van der Waals surface area contributed by atoms with Gasteiger partial charge in [0.1, 0.15) is 0 Å². The summed E-state index contributed by atoms with van der Waals surface area (Å²) in [4.78, 5) is 22.8. The van der Waals surface area contributed by atoms with E-state index in [0.717, 1.165) is 5.56 Å². The Balaban J connectivity index is 2.63. The predicted molar refractivity (Wildman–Crippen MR) is 82.9 cm³/mol. The predicted octanol–water partition coefficient (Wildman–Crippen LogP) is 3.34. The molecule has 0 saturated heterocycles. The summed E-state index contributed by atoms with van der Waals surface area (Å²) >= 11 is 0. The van der Waals surface area contributed by atoms with E-state index in [9.17, 15) is 22.8 Å². The third kappa shape index (κ3) is 7.34. The number of hydrogen-bond donors (Lipinski definition) is 3. The molecule has 0 heterocycles. The molecule has 1 aromatic carbocycles. The van der Waals surface area contributed by atoms with Crippen molar-refractivity contribution >= 4 is 12.0 Å². The Hall–Kier alpha value is -2.25. The van der Waals surface area contributed by atoms with E-state index in [-0.39, 0.29) is 13.0 Å². The number of carboxylic acid groups (broad SMARTS) is 1. The molecule has 8 heteroatoms. The van der Waals surface area contributed by atoms with Gasteiger partial charge in [-0.1, -0.05) is 24.6 Å². The average Bonchev–Trinajstić information content (AvgIpc) is 2.48. The Morgan fingerprint density at radius 3 is 2.29 bits per heavy atom. The molecule has 0 aliphatic rings. The number of carbonyl (C=O) groups excluding carboxylic acids is 1. The molecule has 0 fully saturated rings. The molecule has 134 valence electrons. The van der Waals surface area contributed by atoms with E-state index in [1.54, 1.807) is 24.3 Å². The minimum atomic E-state index is -4.30. The van der Waals surface area contributed by atoms with E-state index in [0.29, 0.717) is 5.56 Å². The largest absolute Gasteiger partial charge is 0.465 e. The van der Waals surface area contributed by atoms with Crippen molar-refractivity contribution in [1.82, 2.24) is 10.6 Å². The third-order valence-electron chi connectivity index (χ3n) is 3.68. The van der Waals surface area contributed by atoms with Crippen LogP contribution in [0.2, 0.25) is 0 Å². The number of alkyl halides is 3. The Morgan fingerprint density at radius 1 is 1.21 bits per heavy atom. The van der Waals surface area contributed by atoms with Gasteiger partial charge < -0.3 is 15.7 Å². The van der Waals surface area contributed by atoms with Crippen LogP contribution < -0.4 is 10.6 Å². The lowest BCUT2D eigenvalue weighted by Crippen LogP contribution is -2.47. The molecule has 0 aliphatic carbocycles. The van der Waals surface area contributed by atoms with Gasteiger partial charge >= 0.3 is 12.3 Å². The second-order valence-corrected chi connectivity index (χ2v) is 5.76. The van der Waals surface area contributed by atoms with E-state index in [1.807, 2.05) is 6.92 Å². The average molecular weight is 346 g/mol. The Morgan fingerprint density at radius 2 is 1.79 bits per heavy atom. The summed E-state index contributed by atoms with van der Waals surface area (Å²) in [5, 5.41) is 13.5. The van der Waals surface area contributed by atoms with Gasteiger partial charge in [-0.15, -0.1) is 0 Å². The summed E-state index contributed by atoms with van der Waals surface area (Å²) in [6.07, 6.45) is -6.87. The van der Waals surface area contributed by atoms with E-state index in [2.05, 4.69) is 10.6 Å². The number of carbonyl (C=O) groups is 2. The lowest BCUT2D eigenvalue weighted by Gasteiger charge is -2.24. The van der Waals surface area contributed by atoms with Gasteiger partial charge in [-0.2, -0.15) is 13.2 Å². The lowest BCUT2D eigenvalue weighted by atomic mass is 9.96. The zero-order chi connectivity index (χ0) is 18.3. The van der Waals surface area contributed by atoms with Gasteiger partial charge in [-0.05, 0) is 31.4 Å². The fourth-order valence-electron chi connectivity index (χ4n) is 2.16. The molecule has 3 N–H and O–H groups in total. The van der Waals surface area contributed by atoms with Crippen molar-refractivity contribution in [3.05, 3.63) is 35.4 Å². The zero-order valence-electron chi connectivity index (χ0n) is 13.5. The quantitative estimate of drug-likeness (QED) is 0.708. The van der Waals surface area contributed by atoms with Gasteiger partial charge in [0.25, 0.3) is 5.91 Å². The maximum Gasteiger partial charge on any atom is 0.404 e. The second kappa shape index (κ2) is 8.56. The van der Waals surface area contributed by atoms with Crippen LogP contribution in [0.15, 0.2) is 24.3 Å². The molecule has 1 aromatic rings. The number of benzene rings is 1. The van der Waals surface area contributed by atoms with E-state index in [4.69, 9.17) is 5.11 Å². The minimum Gasteiger partial charge on any atom is -0.465 e. The molecular weight excluding hydrogens is 325 g/mol. The SMILES string of the molecule is Cc1ccc(C(=O)NCC(NC(=O)O)C(C)CCC(F)(F)F)cc1. The van der Waals surface area contributed by atoms with Crippen LogP contribution in [-0.2, 0) is 0 Å². The number of nitrogens with one attached hydrogen (secondary N) is 2. The van der Waals surface area contributed by atoms with Crippen molar-refractivity contribution in [2.75, 3.05) is 6.54 Å². The van der Waals surface area contributed by atoms with Crippen LogP contribution in [0.4, 0.5) is 18.0 Å². The van der Waals surface area contributed by atoms with Gasteiger partial charge in [0.15, 0.2) is 0 Å². The highest BCUT2D eigenvalue weighted by molar-refractivity contribution is 5.94. The fourth-order valence-corrected chi connectivity index (χ4v) is 2.16. The van der Waals surface area contributed by atoms with E-state index in [1.165, 1.54) is 6.92 Å². The molecule has 2 atom stereocenters. The normalized spacial score (nSPS) is 13.9. The summed E-state index contributed by atoms with van der Waals surface area (Å²) in [7, 11) is 0. The van der Waals surface area contributed by atoms with Crippen LogP contribution in [0.25, 0.3) is 0 Å². The summed E-state index contributed by atoms with van der Waals surface area (Å²) in [6, 6.07) is 5.95. The second-order valence-electron chi connectivity index (χ2n) is 5.76. The van der Waals surface area contributed by atoms with Gasteiger partial charge in [-0.25, -0.2) is 4.79 Å². The summed E-state index contributed by atoms with van der Waals surface area (Å²) in [5.41, 5.74) is 1.38. The standard InChI is InChI=1S/C16H21F3N2O3/c1-10-3-5-12(6-4-10)14(22)20-9-13(21-15(23)24)11(2)7-8-16(17,18)19/h3-6,11,13,21H,7-9H2,1-2H3,(H,20,22)(H,23,24). The first-order valence-electron chi connectivity index (χ1n) is 7.49.